The summed E-state index contributed by atoms with van der Waals surface area (Å²) in [4.78, 5) is 0. The molecule has 0 unspecified atom stereocenters. The molecule has 0 N–H and O–H groups in total. The van der Waals surface area contributed by atoms with E-state index in [0.29, 0.717) is 0 Å². The van der Waals surface area contributed by atoms with E-state index in [1.54, 1.807) is 0 Å². The van der Waals surface area contributed by atoms with Crippen molar-refractivity contribution >= 4 is 65.4 Å². The number of para-hydroxylation sites is 1. The molecule has 46 heavy (non-hydrogen) atoms. The summed E-state index contributed by atoms with van der Waals surface area (Å²) in [5.41, 5.74) is 10.8. The van der Waals surface area contributed by atoms with Crippen molar-refractivity contribution in [2.24, 2.45) is 0 Å². The molecule has 8 aromatic carbocycles. The molecule has 0 saturated carbocycles. The fourth-order valence-corrected chi connectivity index (χ4v) is 7.54. The molecule has 10 rings (SSSR count). The second-order valence-corrected chi connectivity index (χ2v) is 12.0. The third-order valence-electron chi connectivity index (χ3n) is 9.47. The molecule has 0 fully saturated rings. The predicted molar refractivity (Wildman–Crippen MR) is 192 cm³/mol. The zero-order valence-corrected chi connectivity index (χ0v) is 24.8. The molecule has 0 aliphatic carbocycles. The van der Waals surface area contributed by atoms with Crippen molar-refractivity contribution in [2.45, 2.75) is 0 Å². The average molecular weight is 587 g/mol. The number of furan rings is 2. The second-order valence-electron chi connectivity index (χ2n) is 12.0. The highest BCUT2D eigenvalue weighted by Crippen LogP contribution is 2.49. The molecule has 0 amide bonds. The van der Waals surface area contributed by atoms with Gasteiger partial charge in [0.1, 0.15) is 22.3 Å². The Morgan fingerprint density at radius 1 is 0.283 bits per heavy atom. The summed E-state index contributed by atoms with van der Waals surface area (Å²) in [5, 5.41) is 9.39. The fourth-order valence-electron chi connectivity index (χ4n) is 7.54. The molecule has 2 heteroatoms. The molecule has 0 aliphatic rings. The highest BCUT2D eigenvalue weighted by molar-refractivity contribution is 6.28. The maximum atomic E-state index is 6.49. The van der Waals surface area contributed by atoms with E-state index in [-0.39, 0.29) is 0 Å². The molecule has 0 bridgehead atoms. The first kappa shape index (κ1) is 25.2. The topological polar surface area (TPSA) is 26.3 Å². The van der Waals surface area contributed by atoms with Gasteiger partial charge in [-0.05, 0) is 85.3 Å². The van der Waals surface area contributed by atoms with Crippen LogP contribution in [0.25, 0.3) is 98.8 Å². The smallest absolute Gasteiger partial charge is 0.136 e. The van der Waals surface area contributed by atoms with Gasteiger partial charge in [0.2, 0.25) is 0 Å². The van der Waals surface area contributed by atoms with Crippen LogP contribution in [0.4, 0.5) is 0 Å². The Hall–Kier alpha value is -6.12. The van der Waals surface area contributed by atoms with Crippen molar-refractivity contribution in [3.63, 3.8) is 0 Å². The van der Waals surface area contributed by atoms with Gasteiger partial charge in [-0.3, -0.25) is 0 Å². The van der Waals surface area contributed by atoms with Gasteiger partial charge in [-0.1, -0.05) is 127 Å². The van der Waals surface area contributed by atoms with Crippen molar-refractivity contribution in [3.8, 4) is 33.4 Å². The van der Waals surface area contributed by atoms with E-state index < -0.39 is 0 Å². The van der Waals surface area contributed by atoms with Gasteiger partial charge in [0.25, 0.3) is 0 Å². The normalized spacial score (nSPS) is 11.9. The SMILES string of the molecule is c1ccc(-c2ccc3oc4cccc(-c5c6ccccc6c(-c6cccc7oc8ccccc8c67)c6ccccc56)c4c3c2)cc1. The molecular weight excluding hydrogens is 560 g/mol. The summed E-state index contributed by atoms with van der Waals surface area (Å²) in [6.45, 7) is 0. The molecule has 2 heterocycles. The Bertz CT molecular complexity index is 2740. The van der Waals surface area contributed by atoms with Crippen LogP contribution < -0.4 is 0 Å². The molecule has 2 nitrogen and oxygen atoms in total. The van der Waals surface area contributed by atoms with Crippen molar-refractivity contribution in [1.82, 2.24) is 0 Å². The quantitative estimate of drug-likeness (QED) is 0.193. The minimum Gasteiger partial charge on any atom is -0.456 e. The van der Waals surface area contributed by atoms with E-state index in [1.807, 2.05) is 6.07 Å². The van der Waals surface area contributed by atoms with E-state index >= 15 is 0 Å². The molecule has 10 aromatic rings. The summed E-state index contributed by atoms with van der Waals surface area (Å²) in [5.74, 6) is 0. The summed E-state index contributed by atoms with van der Waals surface area (Å²) in [6.07, 6.45) is 0. The zero-order chi connectivity index (χ0) is 30.2. The largest absolute Gasteiger partial charge is 0.456 e. The number of fused-ring (bicyclic) bond motifs is 8. The van der Waals surface area contributed by atoms with Crippen LogP contribution in [0.3, 0.4) is 0 Å². The van der Waals surface area contributed by atoms with Crippen LogP contribution in [-0.4, -0.2) is 0 Å². The molecule has 0 radical (unpaired) electrons. The third-order valence-corrected chi connectivity index (χ3v) is 9.47. The Balaban J connectivity index is 1.34. The molecule has 214 valence electrons. The lowest BCUT2D eigenvalue weighted by atomic mass is 9.84. The highest BCUT2D eigenvalue weighted by atomic mass is 16.3. The standard InChI is InChI=1S/C44H26O2/c1-2-12-27(13-3-1)28-24-25-38-36(26-28)44-35(20-11-23-40(44)46-38)42-31-16-6-4-14-29(31)41(30-15-5-7-17-32(30)42)34-19-10-22-39-43(34)33-18-8-9-21-37(33)45-39/h1-26H. The van der Waals surface area contributed by atoms with E-state index in [1.165, 1.54) is 54.9 Å². The number of hydrogen-bond acceptors (Lipinski definition) is 2. The van der Waals surface area contributed by atoms with E-state index in [9.17, 15) is 0 Å². The van der Waals surface area contributed by atoms with Crippen LogP contribution >= 0.6 is 0 Å². The van der Waals surface area contributed by atoms with E-state index in [0.717, 1.165) is 43.9 Å². The fraction of sp³-hybridized carbons (Fsp3) is 0. The summed E-state index contributed by atoms with van der Waals surface area (Å²) in [6, 6.07) is 56.0. The van der Waals surface area contributed by atoms with Crippen LogP contribution in [0.5, 0.6) is 0 Å². The molecule has 0 atom stereocenters. The Labute approximate surface area is 264 Å². The van der Waals surface area contributed by atoms with E-state index in [2.05, 4.69) is 152 Å². The first-order chi connectivity index (χ1) is 22.8. The summed E-state index contributed by atoms with van der Waals surface area (Å²) < 4.78 is 12.8. The maximum Gasteiger partial charge on any atom is 0.136 e. The average Bonchev–Trinajstić information content (AvgIpc) is 3.69. The zero-order valence-electron chi connectivity index (χ0n) is 24.8. The van der Waals surface area contributed by atoms with Crippen LogP contribution in [-0.2, 0) is 0 Å². The van der Waals surface area contributed by atoms with Crippen LogP contribution in [0, 0.1) is 0 Å². The van der Waals surface area contributed by atoms with Crippen molar-refractivity contribution < 1.29 is 8.83 Å². The highest BCUT2D eigenvalue weighted by Gasteiger charge is 2.22. The minimum atomic E-state index is 0.893. The predicted octanol–water partition coefficient (Wildman–Crippen LogP) is 12.8. The van der Waals surface area contributed by atoms with E-state index in [4.69, 9.17) is 8.83 Å². The number of benzene rings is 8. The summed E-state index contributed by atoms with van der Waals surface area (Å²) in [7, 11) is 0. The second kappa shape index (κ2) is 9.69. The van der Waals surface area contributed by atoms with Gasteiger partial charge >= 0.3 is 0 Å². The third kappa shape index (κ3) is 3.59. The Kier molecular flexibility index (Phi) is 5.31. The number of hydrogen-bond donors (Lipinski definition) is 0. The van der Waals surface area contributed by atoms with Crippen LogP contribution in [0.1, 0.15) is 0 Å². The van der Waals surface area contributed by atoms with Gasteiger partial charge < -0.3 is 8.83 Å². The lowest BCUT2D eigenvalue weighted by Gasteiger charge is -2.18. The van der Waals surface area contributed by atoms with Crippen molar-refractivity contribution in [2.75, 3.05) is 0 Å². The first-order valence-electron chi connectivity index (χ1n) is 15.7. The van der Waals surface area contributed by atoms with Gasteiger partial charge in [0.15, 0.2) is 0 Å². The van der Waals surface area contributed by atoms with Gasteiger partial charge in [-0.2, -0.15) is 0 Å². The molecule has 0 saturated heterocycles. The van der Waals surface area contributed by atoms with Gasteiger partial charge in [-0.25, -0.2) is 0 Å². The Morgan fingerprint density at radius 3 is 1.33 bits per heavy atom. The van der Waals surface area contributed by atoms with Crippen LogP contribution in [0.2, 0.25) is 0 Å². The molecule has 0 spiro atoms. The molecule has 2 aromatic heterocycles. The summed E-state index contributed by atoms with van der Waals surface area (Å²) >= 11 is 0. The number of rotatable bonds is 3. The molecular formula is C44H26O2. The lowest BCUT2D eigenvalue weighted by Crippen LogP contribution is -1.91. The maximum absolute atomic E-state index is 6.49. The van der Waals surface area contributed by atoms with Gasteiger partial charge in [0, 0.05) is 21.5 Å². The van der Waals surface area contributed by atoms with Crippen molar-refractivity contribution in [3.05, 3.63) is 158 Å². The minimum absolute atomic E-state index is 0.893. The van der Waals surface area contributed by atoms with Gasteiger partial charge in [0.05, 0.1) is 0 Å². The molecule has 0 aliphatic heterocycles. The first-order valence-corrected chi connectivity index (χ1v) is 15.7. The van der Waals surface area contributed by atoms with Crippen LogP contribution in [0.15, 0.2) is 167 Å². The Morgan fingerprint density at radius 2 is 0.739 bits per heavy atom. The van der Waals surface area contributed by atoms with Crippen molar-refractivity contribution in [1.29, 1.82) is 0 Å². The monoisotopic (exact) mass is 586 g/mol. The van der Waals surface area contributed by atoms with Gasteiger partial charge in [-0.15, -0.1) is 0 Å². The lowest BCUT2D eigenvalue weighted by molar-refractivity contribution is 0.668.